The predicted octanol–water partition coefficient (Wildman–Crippen LogP) is 3.12. The Morgan fingerprint density at radius 3 is 2.53 bits per heavy atom. The van der Waals surface area contributed by atoms with Gasteiger partial charge >= 0.3 is 12.0 Å². The van der Waals surface area contributed by atoms with Crippen LogP contribution in [0, 0.1) is 5.82 Å². The molecule has 1 aromatic carbocycles. The van der Waals surface area contributed by atoms with Crippen molar-refractivity contribution in [1.29, 1.82) is 0 Å². The van der Waals surface area contributed by atoms with Crippen LogP contribution in [-0.2, 0) is 4.79 Å². The first kappa shape index (κ1) is 15.5. The van der Waals surface area contributed by atoms with E-state index in [1.165, 1.54) is 6.07 Å². The molecule has 0 radical (unpaired) electrons. The molecule has 0 aliphatic heterocycles. The minimum Gasteiger partial charge on any atom is -0.481 e. The molecule has 2 amide bonds. The molecular weight excluding hydrogens is 298 g/mol. The number of rotatable bonds is 5. The summed E-state index contributed by atoms with van der Waals surface area (Å²) in [4.78, 5) is 21.6. The van der Waals surface area contributed by atoms with E-state index in [0.29, 0.717) is 0 Å². The van der Waals surface area contributed by atoms with E-state index in [0.717, 1.165) is 6.07 Å². The zero-order valence-corrected chi connectivity index (χ0v) is 11.2. The van der Waals surface area contributed by atoms with Gasteiger partial charge in [-0.3, -0.25) is 4.79 Å². The number of benzene rings is 1. The summed E-state index contributed by atoms with van der Waals surface area (Å²) in [5, 5.41) is 13.2. The second-order valence-corrected chi connectivity index (χ2v) is 4.44. The molecule has 0 aliphatic rings. The van der Waals surface area contributed by atoms with Crippen molar-refractivity contribution >= 4 is 40.9 Å². The number of carbonyl (C=O) groups excluding carboxylic acids is 1. The van der Waals surface area contributed by atoms with Gasteiger partial charge < -0.3 is 15.7 Å². The fraction of sp³-hybridized carbons (Fsp3) is 0.273. The van der Waals surface area contributed by atoms with Crippen molar-refractivity contribution in [2.75, 3.05) is 11.9 Å². The van der Waals surface area contributed by atoms with Crippen molar-refractivity contribution in [2.45, 2.75) is 12.8 Å². The Kier molecular flexibility index (Phi) is 5.85. The van der Waals surface area contributed by atoms with E-state index in [2.05, 4.69) is 10.6 Å². The zero-order chi connectivity index (χ0) is 14.4. The maximum Gasteiger partial charge on any atom is 0.319 e. The SMILES string of the molecule is O=C(O)CCCNC(=O)Nc1cc(Cl)c(Cl)cc1F. The first-order chi connectivity index (χ1) is 8.90. The highest BCUT2D eigenvalue weighted by Crippen LogP contribution is 2.27. The molecule has 0 saturated carbocycles. The number of urea groups is 1. The third kappa shape index (κ3) is 5.32. The fourth-order valence-corrected chi connectivity index (χ4v) is 1.54. The third-order valence-corrected chi connectivity index (χ3v) is 2.83. The summed E-state index contributed by atoms with van der Waals surface area (Å²) < 4.78 is 13.4. The highest BCUT2D eigenvalue weighted by molar-refractivity contribution is 6.42. The van der Waals surface area contributed by atoms with Crippen molar-refractivity contribution in [3.8, 4) is 0 Å². The molecule has 0 heterocycles. The molecular formula is C11H11Cl2FN2O3. The lowest BCUT2D eigenvalue weighted by Crippen LogP contribution is -2.30. The standard InChI is InChI=1S/C11H11Cl2FN2O3/c12-6-4-8(14)9(5-7(6)13)16-11(19)15-3-1-2-10(17)18/h4-5H,1-3H2,(H,17,18)(H2,15,16,19). The van der Waals surface area contributed by atoms with Crippen molar-refractivity contribution in [1.82, 2.24) is 5.32 Å². The lowest BCUT2D eigenvalue weighted by Gasteiger charge is -2.09. The quantitative estimate of drug-likeness (QED) is 0.577. The van der Waals surface area contributed by atoms with Crippen molar-refractivity contribution in [3.63, 3.8) is 0 Å². The van der Waals surface area contributed by atoms with E-state index in [1.54, 1.807) is 0 Å². The largest absolute Gasteiger partial charge is 0.481 e. The summed E-state index contributed by atoms with van der Waals surface area (Å²) >= 11 is 11.3. The Balaban J connectivity index is 2.48. The molecule has 1 rings (SSSR count). The number of nitrogens with one attached hydrogen (secondary N) is 2. The van der Waals surface area contributed by atoms with Crippen LogP contribution in [0.2, 0.25) is 10.0 Å². The van der Waals surface area contributed by atoms with Gasteiger partial charge in [0, 0.05) is 13.0 Å². The molecule has 0 atom stereocenters. The van der Waals surface area contributed by atoms with Crippen LogP contribution in [-0.4, -0.2) is 23.7 Å². The minimum absolute atomic E-state index is 0.0478. The number of hydrogen-bond acceptors (Lipinski definition) is 2. The van der Waals surface area contributed by atoms with Gasteiger partial charge in [0.15, 0.2) is 0 Å². The van der Waals surface area contributed by atoms with Gasteiger partial charge in [0.05, 0.1) is 15.7 Å². The molecule has 0 spiro atoms. The second-order valence-electron chi connectivity index (χ2n) is 3.62. The topological polar surface area (TPSA) is 78.4 Å². The summed E-state index contributed by atoms with van der Waals surface area (Å²) in [7, 11) is 0. The van der Waals surface area contributed by atoms with Gasteiger partial charge in [0.25, 0.3) is 0 Å². The van der Waals surface area contributed by atoms with Gasteiger partial charge in [-0.15, -0.1) is 0 Å². The molecule has 19 heavy (non-hydrogen) atoms. The molecule has 3 N–H and O–H groups in total. The second kappa shape index (κ2) is 7.16. The Bertz CT molecular complexity index is 497. The average molecular weight is 309 g/mol. The molecule has 0 aliphatic carbocycles. The first-order valence-corrected chi connectivity index (χ1v) is 6.07. The maximum absolute atomic E-state index is 13.4. The number of carbonyl (C=O) groups is 2. The zero-order valence-electron chi connectivity index (χ0n) is 9.67. The summed E-state index contributed by atoms with van der Waals surface area (Å²) in [5.74, 6) is -1.66. The lowest BCUT2D eigenvalue weighted by molar-refractivity contribution is -0.137. The molecule has 0 fully saturated rings. The van der Waals surface area contributed by atoms with Crippen LogP contribution in [0.5, 0.6) is 0 Å². The molecule has 0 unspecified atom stereocenters. The monoisotopic (exact) mass is 308 g/mol. The Morgan fingerprint density at radius 2 is 1.89 bits per heavy atom. The fourth-order valence-electron chi connectivity index (χ4n) is 1.23. The van der Waals surface area contributed by atoms with E-state index < -0.39 is 17.8 Å². The maximum atomic E-state index is 13.4. The van der Waals surface area contributed by atoms with Gasteiger partial charge in [-0.2, -0.15) is 0 Å². The van der Waals surface area contributed by atoms with Gasteiger partial charge in [0.2, 0.25) is 0 Å². The summed E-state index contributed by atoms with van der Waals surface area (Å²) in [5.41, 5.74) is -0.106. The number of carboxylic acid groups (broad SMARTS) is 1. The molecule has 8 heteroatoms. The summed E-state index contributed by atoms with van der Waals surface area (Å²) in [6.07, 6.45) is 0.230. The van der Waals surface area contributed by atoms with Crippen LogP contribution in [0.3, 0.4) is 0 Å². The van der Waals surface area contributed by atoms with Gasteiger partial charge in [-0.25, -0.2) is 9.18 Å². The lowest BCUT2D eigenvalue weighted by atomic mass is 10.3. The Hall–Kier alpha value is -1.53. The average Bonchev–Trinajstić information content (AvgIpc) is 2.31. The van der Waals surface area contributed by atoms with Crippen LogP contribution >= 0.6 is 23.2 Å². The Labute approximate surface area is 118 Å². The number of amides is 2. The van der Waals surface area contributed by atoms with Gasteiger partial charge in [-0.05, 0) is 18.6 Å². The van der Waals surface area contributed by atoms with Gasteiger partial charge in [0.1, 0.15) is 5.82 Å². The molecule has 0 bridgehead atoms. The number of hydrogen-bond donors (Lipinski definition) is 3. The van der Waals surface area contributed by atoms with Gasteiger partial charge in [-0.1, -0.05) is 23.2 Å². The van der Waals surface area contributed by atoms with Crippen LogP contribution in [0.15, 0.2) is 12.1 Å². The van der Waals surface area contributed by atoms with Crippen LogP contribution in [0.1, 0.15) is 12.8 Å². The molecule has 104 valence electrons. The Morgan fingerprint density at radius 1 is 1.26 bits per heavy atom. The highest BCUT2D eigenvalue weighted by atomic mass is 35.5. The molecule has 0 saturated heterocycles. The van der Waals surface area contributed by atoms with E-state index >= 15 is 0 Å². The van der Waals surface area contributed by atoms with E-state index in [-0.39, 0.29) is 35.1 Å². The van der Waals surface area contributed by atoms with Crippen molar-refractivity contribution < 1.29 is 19.1 Å². The highest BCUT2D eigenvalue weighted by Gasteiger charge is 2.10. The summed E-state index contributed by atoms with van der Waals surface area (Å²) in [6.45, 7) is 0.168. The molecule has 0 aromatic heterocycles. The van der Waals surface area contributed by atoms with Crippen molar-refractivity contribution in [2.24, 2.45) is 0 Å². The van der Waals surface area contributed by atoms with E-state index in [9.17, 15) is 14.0 Å². The van der Waals surface area contributed by atoms with Crippen LogP contribution in [0.25, 0.3) is 0 Å². The first-order valence-electron chi connectivity index (χ1n) is 5.31. The van der Waals surface area contributed by atoms with E-state index in [1.807, 2.05) is 0 Å². The smallest absolute Gasteiger partial charge is 0.319 e. The normalized spacial score (nSPS) is 10.1. The predicted molar refractivity (Wildman–Crippen MR) is 70.3 cm³/mol. The number of carboxylic acids is 1. The number of halogens is 3. The van der Waals surface area contributed by atoms with E-state index in [4.69, 9.17) is 28.3 Å². The third-order valence-electron chi connectivity index (χ3n) is 2.11. The molecule has 1 aromatic rings. The van der Waals surface area contributed by atoms with Crippen LogP contribution < -0.4 is 10.6 Å². The van der Waals surface area contributed by atoms with Crippen LogP contribution in [0.4, 0.5) is 14.9 Å². The summed E-state index contributed by atoms with van der Waals surface area (Å²) in [6, 6.07) is 1.53. The number of aliphatic carboxylic acids is 1. The molecule has 5 nitrogen and oxygen atoms in total. The minimum atomic E-state index is -0.947. The van der Waals surface area contributed by atoms with Crippen molar-refractivity contribution in [3.05, 3.63) is 28.0 Å². The number of anilines is 1.